The van der Waals surface area contributed by atoms with Crippen LogP contribution >= 0.6 is 0 Å². The van der Waals surface area contributed by atoms with E-state index in [1.807, 2.05) is 6.07 Å². The van der Waals surface area contributed by atoms with Crippen LogP contribution in [0.2, 0.25) is 0 Å². The number of hydrogen-bond donors (Lipinski definition) is 1. The predicted octanol–water partition coefficient (Wildman–Crippen LogP) is 3.84. The van der Waals surface area contributed by atoms with Crippen molar-refractivity contribution in [2.45, 2.75) is 20.0 Å². The van der Waals surface area contributed by atoms with Gasteiger partial charge in [-0.1, -0.05) is 42.5 Å². The first-order chi connectivity index (χ1) is 14.2. The highest BCUT2D eigenvalue weighted by Gasteiger charge is 2.18. The first-order valence-electron chi connectivity index (χ1n) is 10.1. The zero-order valence-electron chi connectivity index (χ0n) is 16.8. The molecule has 0 atom stereocenters. The number of nitrogens with zero attached hydrogens (tertiary/aromatic N) is 2. The Kier molecular flexibility index (Phi) is 5.96. The van der Waals surface area contributed by atoms with Crippen LogP contribution in [-0.4, -0.2) is 37.0 Å². The zero-order valence-corrected chi connectivity index (χ0v) is 16.8. The van der Waals surface area contributed by atoms with Gasteiger partial charge in [-0.05, 0) is 36.2 Å². The van der Waals surface area contributed by atoms with Crippen LogP contribution in [0.25, 0.3) is 0 Å². The number of carbonyl (C=O) groups excluding carboxylic acids is 1. The van der Waals surface area contributed by atoms with Crippen LogP contribution in [-0.2, 0) is 13.1 Å². The van der Waals surface area contributed by atoms with Gasteiger partial charge in [0.15, 0.2) is 0 Å². The van der Waals surface area contributed by atoms with Crippen molar-refractivity contribution in [3.05, 3.63) is 89.4 Å². The molecule has 150 valence electrons. The van der Waals surface area contributed by atoms with Gasteiger partial charge in [-0.3, -0.25) is 9.69 Å². The Labute approximate surface area is 171 Å². The Morgan fingerprint density at radius 2 is 1.62 bits per heavy atom. The fraction of sp³-hybridized carbons (Fsp3) is 0.292. The molecule has 5 heteroatoms. The van der Waals surface area contributed by atoms with Crippen molar-refractivity contribution in [2.75, 3.05) is 31.1 Å². The number of hydrogen-bond acceptors (Lipinski definition) is 4. The van der Waals surface area contributed by atoms with E-state index in [1.165, 1.54) is 11.3 Å². The first kappa shape index (κ1) is 19.3. The van der Waals surface area contributed by atoms with E-state index in [4.69, 9.17) is 4.42 Å². The summed E-state index contributed by atoms with van der Waals surface area (Å²) in [4.78, 5) is 17.3. The average molecular weight is 389 g/mol. The molecular formula is C24H27N3O2. The van der Waals surface area contributed by atoms with Crippen molar-refractivity contribution < 1.29 is 9.21 Å². The van der Waals surface area contributed by atoms with Crippen molar-refractivity contribution in [3.63, 3.8) is 0 Å². The van der Waals surface area contributed by atoms with E-state index in [1.54, 1.807) is 19.3 Å². The number of piperazine rings is 1. The predicted molar refractivity (Wildman–Crippen MR) is 115 cm³/mol. The number of rotatable bonds is 6. The summed E-state index contributed by atoms with van der Waals surface area (Å²) >= 11 is 0. The van der Waals surface area contributed by atoms with Crippen LogP contribution in [0.15, 0.2) is 71.3 Å². The van der Waals surface area contributed by atoms with E-state index < -0.39 is 0 Å². The van der Waals surface area contributed by atoms with Gasteiger partial charge in [0.25, 0.3) is 5.91 Å². The molecular weight excluding hydrogens is 362 g/mol. The zero-order chi connectivity index (χ0) is 20.1. The molecule has 1 amide bonds. The molecule has 0 aliphatic carbocycles. The maximum Gasteiger partial charge on any atom is 0.255 e. The van der Waals surface area contributed by atoms with Crippen LogP contribution in [0.5, 0.6) is 0 Å². The third kappa shape index (κ3) is 4.69. The lowest BCUT2D eigenvalue weighted by Crippen LogP contribution is -2.46. The number of anilines is 1. The first-order valence-corrected chi connectivity index (χ1v) is 10.1. The summed E-state index contributed by atoms with van der Waals surface area (Å²) in [7, 11) is 0. The van der Waals surface area contributed by atoms with E-state index in [0.29, 0.717) is 17.9 Å². The molecule has 1 fully saturated rings. The Morgan fingerprint density at radius 1 is 0.931 bits per heavy atom. The van der Waals surface area contributed by atoms with E-state index in [0.717, 1.165) is 38.3 Å². The van der Waals surface area contributed by atoms with Gasteiger partial charge in [0.1, 0.15) is 5.76 Å². The summed E-state index contributed by atoms with van der Waals surface area (Å²) in [5.41, 5.74) is 4.32. The Hall–Kier alpha value is -3.05. The molecule has 2 heterocycles. The molecule has 0 spiro atoms. The molecule has 0 radical (unpaired) electrons. The Bertz CT molecular complexity index is 944. The number of aryl methyl sites for hydroxylation is 1. The average Bonchev–Trinajstić information content (AvgIpc) is 3.20. The lowest BCUT2D eigenvalue weighted by atomic mass is 10.1. The van der Waals surface area contributed by atoms with Crippen LogP contribution in [0.1, 0.15) is 27.2 Å². The number of carbonyl (C=O) groups is 1. The lowest BCUT2D eigenvalue weighted by molar-refractivity contribution is 0.0949. The van der Waals surface area contributed by atoms with E-state index >= 15 is 0 Å². The van der Waals surface area contributed by atoms with Gasteiger partial charge in [-0.2, -0.15) is 0 Å². The van der Waals surface area contributed by atoms with Gasteiger partial charge in [0, 0.05) is 45.0 Å². The lowest BCUT2D eigenvalue weighted by Gasteiger charge is -2.36. The molecule has 1 saturated heterocycles. The summed E-state index contributed by atoms with van der Waals surface area (Å²) in [5.74, 6) is 0.551. The highest BCUT2D eigenvalue weighted by Crippen LogP contribution is 2.18. The second-order valence-corrected chi connectivity index (χ2v) is 7.44. The number of para-hydroxylation sites is 1. The van der Waals surface area contributed by atoms with Gasteiger partial charge in [-0.25, -0.2) is 0 Å². The summed E-state index contributed by atoms with van der Waals surface area (Å²) in [5, 5.41) is 3.02. The number of nitrogens with one attached hydrogen (secondary N) is 1. The van der Waals surface area contributed by atoms with Crippen LogP contribution in [0, 0.1) is 6.92 Å². The van der Waals surface area contributed by atoms with Crippen LogP contribution < -0.4 is 10.2 Å². The van der Waals surface area contributed by atoms with Gasteiger partial charge in [-0.15, -0.1) is 0 Å². The minimum Gasteiger partial charge on any atom is -0.469 e. The molecule has 0 saturated carbocycles. The number of benzene rings is 2. The summed E-state index contributed by atoms with van der Waals surface area (Å²) in [6.07, 6.45) is 1.55. The topological polar surface area (TPSA) is 48.7 Å². The molecule has 1 aliphatic rings. The normalized spacial score (nSPS) is 14.7. The quantitative estimate of drug-likeness (QED) is 0.696. The van der Waals surface area contributed by atoms with Gasteiger partial charge in [0.2, 0.25) is 0 Å². The summed E-state index contributed by atoms with van der Waals surface area (Å²) in [6.45, 7) is 7.35. The molecule has 4 rings (SSSR count). The van der Waals surface area contributed by atoms with Crippen molar-refractivity contribution in [2.24, 2.45) is 0 Å². The molecule has 0 bridgehead atoms. The Balaban J connectivity index is 1.34. The fourth-order valence-electron chi connectivity index (χ4n) is 3.82. The molecule has 3 aromatic rings. The molecule has 1 N–H and O–H groups in total. The molecule has 1 aromatic heterocycles. The van der Waals surface area contributed by atoms with Crippen LogP contribution in [0.3, 0.4) is 0 Å². The molecule has 5 nitrogen and oxygen atoms in total. The SMILES string of the molecule is Cc1occc1C(=O)NCc1ccccc1CN1CCN(c2ccccc2)CC1. The third-order valence-corrected chi connectivity index (χ3v) is 5.55. The molecule has 29 heavy (non-hydrogen) atoms. The highest BCUT2D eigenvalue weighted by molar-refractivity contribution is 5.95. The summed E-state index contributed by atoms with van der Waals surface area (Å²) in [6, 6.07) is 20.7. The number of amides is 1. The smallest absolute Gasteiger partial charge is 0.255 e. The van der Waals surface area contributed by atoms with E-state index in [9.17, 15) is 4.79 Å². The molecule has 2 aromatic carbocycles. The maximum atomic E-state index is 12.4. The van der Waals surface area contributed by atoms with Gasteiger partial charge < -0.3 is 14.6 Å². The minimum absolute atomic E-state index is 0.0949. The van der Waals surface area contributed by atoms with Crippen LogP contribution in [0.4, 0.5) is 5.69 Å². The third-order valence-electron chi connectivity index (χ3n) is 5.55. The second-order valence-electron chi connectivity index (χ2n) is 7.44. The molecule has 0 unspecified atom stereocenters. The Morgan fingerprint density at radius 3 is 2.31 bits per heavy atom. The van der Waals surface area contributed by atoms with Crippen molar-refractivity contribution in [1.82, 2.24) is 10.2 Å². The highest BCUT2D eigenvalue weighted by atomic mass is 16.3. The maximum absolute atomic E-state index is 12.4. The largest absolute Gasteiger partial charge is 0.469 e. The second kappa shape index (κ2) is 8.97. The standard InChI is InChI=1S/C24H27N3O2/c1-19-23(11-16-29-19)24(28)25-17-20-7-5-6-8-21(20)18-26-12-14-27(15-13-26)22-9-3-2-4-10-22/h2-11,16H,12-15,17-18H2,1H3,(H,25,28). The fourth-order valence-corrected chi connectivity index (χ4v) is 3.82. The monoisotopic (exact) mass is 389 g/mol. The van der Waals surface area contributed by atoms with Crippen molar-refractivity contribution >= 4 is 11.6 Å². The molecule has 1 aliphatic heterocycles. The summed E-state index contributed by atoms with van der Waals surface area (Å²) < 4.78 is 5.23. The van der Waals surface area contributed by atoms with E-state index in [2.05, 4.69) is 63.6 Å². The minimum atomic E-state index is -0.0949. The van der Waals surface area contributed by atoms with E-state index in [-0.39, 0.29) is 5.91 Å². The number of furan rings is 1. The van der Waals surface area contributed by atoms with Gasteiger partial charge in [0.05, 0.1) is 11.8 Å². The van der Waals surface area contributed by atoms with Crippen molar-refractivity contribution in [3.8, 4) is 0 Å². The van der Waals surface area contributed by atoms with Crippen molar-refractivity contribution in [1.29, 1.82) is 0 Å². The van der Waals surface area contributed by atoms with Gasteiger partial charge >= 0.3 is 0 Å².